The van der Waals surface area contributed by atoms with E-state index in [1.165, 1.54) is 12.5 Å². The lowest BCUT2D eigenvalue weighted by atomic mass is 10.0. The lowest BCUT2D eigenvalue weighted by Gasteiger charge is -2.15. The number of hydrogen-bond acceptors (Lipinski definition) is 4. The van der Waals surface area contributed by atoms with Crippen LogP contribution in [0.25, 0.3) is 26.9 Å². The first-order chi connectivity index (χ1) is 14.2. The zero-order valence-corrected chi connectivity index (χ0v) is 18.3. The molecule has 1 fully saturated rings. The molecule has 0 unspecified atom stereocenters. The van der Waals surface area contributed by atoms with Crippen molar-refractivity contribution in [3.8, 4) is 11.1 Å². The van der Waals surface area contributed by atoms with Gasteiger partial charge in [-0.15, -0.1) is 0 Å². The first-order valence-electron chi connectivity index (χ1n) is 9.57. The molecule has 0 bridgehead atoms. The van der Waals surface area contributed by atoms with Crippen molar-refractivity contribution in [3.05, 3.63) is 52.7 Å². The molecule has 1 aliphatic rings. The van der Waals surface area contributed by atoms with Gasteiger partial charge in [0.25, 0.3) is 0 Å². The van der Waals surface area contributed by atoms with Gasteiger partial charge in [0.05, 0.1) is 29.7 Å². The van der Waals surface area contributed by atoms with Crippen molar-refractivity contribution in [2.45, 2.75) is 38.3 Å². The van der Waals surface area contributed by atoms with Crippen LogP contribution in [0.4, 0.5) is 11.4 Å². The summed E-state index contributed by atoms with van der Waals surface area (Å²) in [5.74, 6) is 0. The fraction of sp³-hybridized carbons (Fsp3) is 0.333. The van der Waals surface area contributed by atoms with Gasteiger partial charge in [0, 0.05) is 41.1 Å². The Morgan fingerprint density at radius 3 is 2.77 bits per heavy atom. The van der Waals surface area contributed by atoms with Crippen LogP contribution in [0, 0.1) is 13.5 Å². The number of aromatic nitrogens is 2. The number of aryl methyl sites for hydroxylation is 1. The molecule has 0 amide bonds. The largest absolute Gasteiger partial charge is 0.396 e. The van der Waals surface area contributed by atoms with Gasteiger partial charge in [-0.25, -0.2) is 18.0 Å². The van der Waals surface area contributed by atoms with E-state index >= 15 is 0 Å². The molecular weight excluding hydrogens is 422 g/mol. The number of halogens is 1. The predicted molar refractivity (Wildman–Crippen MR) is 120 cm³/mol. The molecule has 2 atom stereocenters. The Bertz CT molecular complexity index is 1290. The molecule has 1 aliphatic carbocycles. The molecule has 7 nitrogen and oxygen atoms in total. The second kappa shape index (κ2) is 7.58. The standard InChI is InChI=1S/C21H22ClN5O2S/c1-12-6-20-15(8-19(12)24-2)17(16-9-25-10-18(23)21(16)22)11-27(20)14-5-4-13(7-14)26-30(3,28)29/h6,8-11,13-14,26H,4-5,7,23H2,1,3H3/t13-,14-/m1/s1. The Kier molecular flexibility index (Phi) is 5.22. The van der Waals surface area contributed by atoms with Crippen molar-refractivity contribution < 1.29 is 8.42 Å². The molecule has 0 spiro atoms. The van der Waals surface area contributed by atoms with Crippen LogP contribution < -0.4 is 10.5 Å². The van der Waals surface area contributed by atoms with Crippen LogP contribution in [-0.4, -0.2) is 30.3 Å². The molecule has 3 N–H and O–H groups in total. The van der Waals surface area contributed by atoms with Gasteiger partial charge in [0.2, 0.25) is 10.0 Å². The summed E-state index contributed by atoms with van der Waals surface area (Å²) in [6.07, 6.45) is 8.72. The first kappa shape index (κ1) is 20.7. The number of nitrogens with zero attached hydrogens (tertiary/aromatic N) is 3. The van der Waals surface area contributed by atoms with Crippen LogP contribution in [0.5, 0.6) is 0 Å². The third-order valence-electron chi connectivity index (χ3n) is 5.65. The summed E-state index contributed by atoms with van der Waals surface area (Å²) in [6, 6.07) is 3.93. The van der Waals surface area contributed by atoms with Crippen molar-refractivity contribution >= 4 is 43.9 Å². The fourth-order valence-electron chi connectivity index (χ4n) is 4.29. The maximum Gasteiger partial charge on any atom is 0.208 e. The minimum atomic E-state index is -3.25. The summed E-state index contributed by atoms with van der Waals surface area (Å²) in [5.41, 5.74) is 10.4. The van der Waals surface area contributed by atoms with E-state index in [9.17, 15) is 8.42 Å². The molecule has 0 radical (unpaired) electrons. The lowest BCUT2D eigenvalue weighted by molar-refractivity contribution is 0.511. The summed E-state index contributed by atoms with van der Waals surface area (Å²) in [5, 5.41) is 1.33. The number of sulfonamides is 1. The number of benzene rings is 1. The molecule has 0 aliphatic heterocycles. The second-order valence-corrected chi connectivity index (χ2v) is 10.0. The van der Waals surface area contributed by atoms with Gasteiger partial charge in [0.1, 0.15) is 0 Å². The van der Waals surface area contributed by atoms with Gasteiger partial charge < -0.3 is 10.3 Å². The van der Waals surface area contributed by atoms with Gasteiger partial charge in [0.15, 0.2) is 5.69 Å². The fourth-order valence-corrected chi connectivity index (χ4v) is 5.31. The minimum absolute atomic E-state index is 0.0906. The van der Waals surface area contributed by atoms with E-state index < -0.39 is 10.0 Å². The number of rotatable bonds is 4. The van der Waals surface area contributed by atoms with Crippen molar-refractivity contribution in [1.82, 2.24) is 14.3 Å². The molecule has 9 heteroatoms. The summed E-state index contributed by atoms with van der Waals surface area (Å²) in [7, 11) is -3.25. The van der Waals surface area contributed by atoms with Crippen molar-refractivity contribution in [2.75, 3.05) is 12.0 Å². The molecule has 2 aromatic heterocycles. The van der Waals surface area contributed by atoms with Crippen molar-refractivity contribution in [3.63, 3.8) is 0 Å². The molecule has 2 heterocycles. The number of nitrogens with two attached hydrogens (primary N) is 1. The van der Waals surface area contributed by atoms with Gasteiger partial charge in [-0.1, -0.05) is 11.6 Å². The number of nitrogen functional groups attached to an aromatic ring is 1. The topological polar surface area (TPSA) is 94.4 Å². The average Bonchev–Trinajstić information content (AvgIpc) is 3.26. The highest BCUT2D eigenvalue weighted by Gasteiger charge is 2.29. The quantitative estimate of drug-likeness (QED) is 0.583. The smallest absolute Gasteiger partial charge is 0.208 e. The monoisotopic (exact) mass is 443 g/mol. The third kappa shape index (κ3) is 3.76. The van der Waals surface area contributed by atoms with E-state index in [1.54, 1.807) is 6.20 Å². The molecule has 156 valence electrons. The van der Waals surface area contributed by atoms with Gasteiger partial charge in [-0.3, -0.25) is 4.98 Å². The zero-order valence-electron chi connectivity index (χ0n) is 16.7. The maximum absolute atomic E-state index is 11.6. The average molecular weight is 444 g/mol. The lowest BCUT2D eigenvalue weighted by Crippen LogP contribution is -2.32. The van der Waals surface area contributed by atoms with Crippen LogP contribution in [0.2, 0.25) is 5.02 Å². The molecule has 1 saturated carbocycles. The molecule has 0 saturated heterocycles. The van der Waals surface area contributed by atoms with Crippen LogP contribution in [0.3, 0.4) is 0 Å². The van der Waals surface area contributed by atoms with E-state index in [0.717, 1.165) is 34.9 Å². The van der Waals surface area contributed by atoms with Gasteiger partial charge in [-0.05, 0) is 49.3 Å². The summed E-state index contributed by atoms with van der Waals surface area (Å²) < 4.78 is 28.2. The van der Waals surface area contributed by atoms with E-state index in [-0.39, 0.29) is 12.1 Å². The maximum atomic E-state index is 11.6. The molecular formula is C21H22ClN5O2S. The highest BCUT2D eigenvalue weighted by atomic mass is 35.5. The van der Waals surface area contributed by atoms with Gasteiger partial charge >= 0.3 is 0 Å². The highest BCUT2D eigenvalue weighted by Crippen LogP contribution is 2.42. The molecule has 4 rings (SSSR count). The van der Waals surface area contributed by atoms with Gasteiger partial charge in [-0.2, -0.15) is 0 Å². The van der Waals surface area contributed by atoms with Crippen LogP contribution in [0.15, 0.2) is 30.7 Å². The molecule has 1 aromatic carbocycles. The predicted octanol–water partition coefficient (Wildman–Crippen LogP) is 4.44. The van der Waals surface area contributed by atoms with Crippen LogP contribution in [0.1, 0.15) is 30.9 Å². The number of nitrogens with one attached hydrogen (secondary N) is 1. The minimum Gasteiger partial charge on any atom is -0.396 e. The molecule has 3 aromatic rings. The Balaban J connectivity index is 1.86. The Morgan fingerprint density at radius 1 is 1.30 bits per heavy atom. The Labute approximate surface area is 180 Å². The number of pyridine rings is 1. The first-order valence-corrected chi connectivity index (χ1v) is 11.8. The summed E-state index contributed by atoms with van der Waals surface area (Å²) in [6.45, 7) is 9.41. The second-order valence-electron chi connectivity index (χ2n) is 7.86. The summed E-state index contributed by atoms with van der Waals surface area (Å²) in [4.78, 5) is 7.84. The normalized spacial score (nSPS) is 19.3. The number of anilines is 1. The van der Waals surface area contributed by atoms with E-state index in [0.29, 0.717) is 28.4 Å². The SMILES string of the molecule is [C-]#[N+]c1cc2c(-c3cncc(N)c3Cl)cn([C@@H]3CC[C@@H](NS(C)(=O)=O)C3)c2cc1C. The number of fused-ring (bicyclic) bond motifs is 1. The molecule has 30 heavy (non-hydrogen) atoms. The Hall–Kier alpha value is -2.60. The number of hydrogen-bond donors (Lipinski definition) is 2. The van der Waals surface area contributed by atoms with E-state index in [1.807, 2.05) is 25.3 Å². The Morgan fingerprint density at radius 2 is 2.07 bits per heavy atom. The van der Waals surface area contributed by atoms with E-state index in [4.69, 9.17) is 23.9 Å². The van der Waals surface area contributed by atoms with Crippen molar-refractivity contribution in [1.29, 1.82) is 0 Å². The van der Waals surface area contributed by atoms with Crippen LogP contribution >= 0.6 is 11.6 Å². The van der Waals surface area contributed by atoms with Crippen LogP contribution in [-0.2, 0) is 10.0 Å². The van der Waals surface area contributed by atoms with Crippen molar-refractivity contribution in [2.24, 2.45) is 0 Å². The highest BCUT2D eigenvalue weighted by molar-refractivity contribution is 7.88. The summed E-state index contributed by atoms with van der Waals surface area (Å²) >= 11 is 6.49. The third-order valence-corrected chi connectivity index (χ3v) is 6.83. The van der Waals surface area contributed by atoms with E-state index in [2.05, 4.69) is 19.1 Å². The zero-order chi connectivity index (χ0) is 21.6.